The molecule has 0 spiro atoms. The average molecular weight is 465 g/mol. The minimum Gasteiger partial charge on any atom is -0.354 e. The van der Waals surface area contributed by atoms with Crippen molar-refractivity contribution in [3.63, 3.8) is 0 Å². The fraction of sp³-hybridized carbons (Fsp3) is 0.217. The molecular formula is C23H24N6OS2. The summed E-state index contributed by atoms with van der Waals surface area (Å²) in [6.45, 7) is 2.61. The van der Waals surface area contributed by atoms with Gasteiger partial charge in [-0.3, -0.25) is 4.79 Å². The molecule has 0 bridgehead atoms. The molecule has 0 aliphatic heterocycles. The van der Waals surface area contributed by atoms with E-state index in [2.05, 4.69) is 32.7 Å². The van der Waals surface area contributed by atoms with Crippen LogP contribution in [0, 0.1) is 0 Å². The summed E-state index contributed by atoms with van der Waals surface area (Å²) in [5, 5.41) is 18.3. The Morgan fingerprint density at radius 1 is 1.09 bits per heavy atom. The van der Waals surface area contributed by atoms with E-state index in [0.29, 0.717) is 11.7 Å². The van der Waals surface area contributed by atoms with E-state index in [1.807, 2.05) is 71.6 Å². The zero-order valence-electron chi connectivity index (χ0n) is 17.9. The maximum absolute atomic E-state index is 12.3. The molecule has 2 N–H and O–H groups in total. The van der Waals surface area contributed by atoms with Crippen molar-refractivity contribution in [3.8, 4) is 11.3 Å². The van der Waals surface area contributed by atoms with Gasteiger partial charge >= 0.3 is 0 Å². The molecule has 0 radical (unpaired) electrons. The molecule has 9 heteroatoms. The maximum atomic E-state index is 12.3. The first-order chi connectivity index (χ1) is 15.6. The van der Waals surface area contributed by atoms with Gasteiger partial charge in [0.25, 0.3) is 0 Å². The van der Waals surface area contributed by atoms with Crippen molar-refractivity contribution >= 4 is 39.8 Å². The second-order valence-electron chi connectivity index (χ2n) is 7.10. The van der Waals surface area contributed by atoms with Crippen molar-refractivity contribution in [3.05, 3.63) is 71.4 Å². The standard InChI is InChI=1S/C23H24N6OS2/c1-3-16-9-11-18(12-10-16)25-21(30)15-32-23-28-27-20(29(23)2)13-24-22-26-19(14-31-22)17-7-5-4-6-8-17/h4-12,14H,3,13,15H2,1-2H3,(H,24,26)(H,25,30). The Bertz CT molecular complexity index is 1170. The van der Waals surface area contributed by atoms with Crippen LogP contribution in [0.25, 0.3) is 11.3 Å². The Kier molecular flexibility index (Phi) is 7.18. The van der Waals surface area contributed by atoms with E-state index in [9.17, 15) is 4.79 Å². The number of thioether (sulfide) groups is 1. The third-order valence-corrected chi connectivity index (χ3v) is 6.70. The highest BCUT2D eigenvalue weighted by Crippen LogP contribution is 2.25. The first kappa shape index (κ1) is 22.0. The smallest absolute Gasteiger partial charge is 0.234 e. The molecule has 4 rings (SSSR count). The van der Waals surface area contributed by atoms with Crippen molar-refractivity contribution in [1.29, 1.82) is 0 Å². The van der Waals surface area contributed by atoms with Crippen LogP contribution in [0.4, 0.5) is 10.8 Å². The summed E-state index contributed by atoms with van der Waals surface area (Å²) >= 11 is 2.92. The van der Waals surface area contributed by atoms with Gasteiger partial charge < -0.3 is 15.2 Å². The molecule has 0 aliphatic rings. The Morgan fingerprint density at radius 3 is 2.62 bits per heavy atom. The van der Waals surface area contributed by atoms with E-state index in [-0.39, 0.29) is 11.7 Å². The van der Waals surface area contributed by atoms with Crippen molar-refractivity contribution in [2.75, 3.05) is 16.4 Å². The fourth-order valence-electron chi connectivity index (χ4n) is 3.03. The van der Waals surface area contributed by atoms with Crippen LogP contribution in [0.1, 0.15) is 18.3 Å². The summed E-state index contributed by atoms with van der Waals surface area (Å²) < 4.78 is 1.90. The third kappa shape index (κ3) is 5.54. The van der Waals surface area contributed by atoms with Crippen LogP contribution in [0.3, 0.4) is 0 Å². The number of hydrogen-bond acceptors (Lipinski definition) is 7. The molecular weight excluding hydrogens is 440 g/mol. The van der Waals surface area contributed by atoms with Gasteiger partial charge in [0.05, 0.1) is 18.0 Å². The van der Waals surface area contributed by atoms with Crippen LogP contribution >= 0.6 is 23.1 Å². The molecule has 0 aliphatic carbocycles. The van der Waals surface area contributed by atoms with Gasteiger partial charge in [-0.25, -0.2) is 4.98 Å². The highest BCUT2D eigenvalue weighted by Gasteiger charge is 2.12. The molecule has 2 heterocycles. The number of hydrogen-bond donors (Lipinski definition) is 2. The highest BCUT2D eigenvalue weighted by atomic mass is 32.2. The first-order valence-corrected chi connectivity index (χ1v) is 12.1. The number of amides is 1. The van der Waals surface area contributed by atoms with Crippen molar-refractivity contribution in [1.82, 2.24) is 19.7 Å². The van der Waals surface area contributed by atoms with Crippen LogP contribution < -0.4 is 10.6 Å². The van der Waals surface area contributed by atoms with Crippen LogP contribution in [-0.2, 0) is 24.8 Å². The van der Waals surface area contributed by atoms with Crippen LogP contribution in [0.5, 0.6) is 0 Å². The molecule has 164 valence electrons. The monoisotopic (exact) mass is 464 g/mol. The fourth-order valence-corrected chi connectivity index (χ4v) is 4.48. The Hall–Kier alpha value is -3.17. The Morgan fingerprint density at radius 2 is 1.88 bits per heavy atom. The summed E-state index contributed by atoms with van der Waals surface area (Å²) in [5.41, 5.74) is 4.08. The minimum atomic E-state index is -0.0712. The lowest BCUT2D eigenvalue weighted by atomic mass is 10.1. The third-order valence-electron chi connectivity index (χ3n) is 4.87. The van der Waals surface area contributed by atoms with Gasteiger partial charge in [-0.05, 0) is 24.1 Å². The number of benzene rings is 2. The van der Waals surface area contributed by atoms with Gasteiger partial charge in [0.1, 0.15) is 0 Å². The summed E-state index contributed by atoms with van der Waals surface area (Å²) in [6, 6.07) is 18.0. The van der Waals surface area contributed by atoms with Crippen LogP contribution in [0.15, 0.2) is 65.1 Å². The van der Waals surface area contributed by atoms with Gasteiger partial charge in [-0.1, -0.05) is 61.2 Å². The summed E-state index contributed by atoms with van der Waals surface area (Å²) in [6.07, 6.45) is 0.976. The van der Waals surface area contributed by atoms with Gasteiger partial charge in [0.2, 0.25) is 5.91 Å². The van der Waals surface area contributed by atoms with Gasteiger partial charge in [0.15, 0.2) is 16.1 Å². The van der Waals surface area contributed by atoms with Crippen LogP contribution in [0.2, 0.25) is 0 Å². The topological polar surface area (TPSA) is 84.7 Å². The molecule has 4 aromatic rings. The second-order valence-corrected chi connectivity index (χ2v) is 8.90. The number of thiazole rings is 1. The van der Waals surface area contributed by atoms with Gasteiger partial charge in [-0.2, -0.15) is 0 Å². The predicted octanol–water partition coefficient (Wildman–Crippen LogP) is 4.84. The molecule has 2 aromatic carbocycles. The molecule has 32 heavy (non-hydrogen) atoms. The lowest BCUT2D eigenvalue weighted by molar-refractivity contribution is -0.113. The number of rotatable bonds is 9. The number of nitrogens with zero attached hydrogens (tertiary/aromatic N) is 4. The molecule has 0 saturated carbocycles. The van der Waals surface area contributed by atoms with Crippen molar-refractivity contribution < 1.29 is 4.79 Å². The van der Waals surface area contributed by atoms with Crippen molar-refractivity contribution in [2.24, 2.45) is 7.05 Å². The molecule has 0 saturated heterocycles. The quantitative estimate of drug-likeness (QED) is 0.345. The van der Waals surface area contributed by atoms with Gasteiger partial charge in [-0.15, -0.1) is 21.5 Å². The molecule has 0 fully saturated rings. The van der Waals surface area contributed by atoms with E-state index in [0.717, 1.165) is 34.3 Å². The molecule has 7 nitrogen and oxygen atoms in total. The number of carbonyl (C=O) groups is 1. The van der Waals surface area contributed by atoms with E-state index in [1.54, 1.807) is 11.3 Å². The molecule has 0 unspecified atom stereocenters. The van der Waals surface area contributed by atoms with E-state index >= 15 is 0 Å². The first-order valence-electron chi connectivity index (χ1n) is 10.3. The van der Waals surface area contributed by atoms with E-state index in [1.165, 1.54) is 17.3 Å². The SMILES string of the molecule is CCc1ccc(NC(=O)CSc2nnc(CNc3nc(-c4ccccc4)cs3)n2C)cc1. The normalized spacial score (nSPS) is 10.8. The average Bonchev–Trinajstić information content (AvgIpc) is 3.44. The highest BCUT2D eigenvalue weighted by molar-refractivity contribution is 7.99. The largest absolute Gasteiger partial charge is 0.354 e. The Labute approximate surface area is 195 Å². The predicted molar refractivity (Wildman–Crippen MR) is 131 cm³/mol. The number of anilines is 2. The number of aromatic nitrogens is 4. The van der Waals surface area contributed by atoms with Crippen molar-refractivity contribution in [2.45, 2.75) is 25.0 Å². The number of carbonyl (C=O) groups excluding carboxylic acids is 1. The summed E-state index contributed by atoms with van der Waals surface area (Å²) in [4.78, 5) is 16.9. The molecule has 1 amide bonds. The van der Waals surface area contributed by atoms with E-state index < -0.39 is 0 Å². The van der Waals surface area contributed by atoms with Crippen LogP contribution in [-0.4, -0.2) is 31.4 Å². The molecule has 2 aromatic heterocycles. The Balaban J connectivity index is 1.28. The number of nitrogens with one attached hydrogen (secondary N) is 2. The van der Waals surface area contributed by atoms with Gasteiger partial charge in [0, 0.05) is 23.7 Å². The lowest BCUT2D eigenvalue weighted by Crippen LogP contribution is -2.14. The lowest BCUT2D eigenvalue weighted by Gasteiger charge is -2.06. The second kappa shape index (κ2) is 10.4. The zero-order valence-corrected chi connectivity index (χ0v) is 19.5. The summed E-state index contributed by atoms with van der Waals surface area (Å²) in [7, 11) is 1.90. The number of aryl methyl sites for hydroxylation is 1. The van der Waals surface area contributed by atoms with E-state index in [4.69, 9.17) is 0 Å². The minimum absolute atomic E-state index is 0.0712. The summed E-state index contributed by atoms with van der Waals surface area (Å²) in [5.74, 6) is 0.972. The zero-order chi connectivity index (χ0) is 22.3. The maximum Gasteiger partial charge on any atom is 0.234 e. The molecule has 0 atom stereocenters.